The third-order valence-corrected chi connectivity index (χ3v) is 0.816. The minimum atomic E-state index is 0.859. The Labute approximate surface area is 41.2 Å². The first kappa shape index (κ1) is 5.52. The van der Waals surface area contributed by atoms with E-state index in [9.17, 15) is 0 Å². The zero-order valence-corrected chi connectivity index (χ0v) is 5.82. The van der Waals surface area contributed by atoms with Crippen LogP contribution in [0, 0.1) is 0 Å². The maximum absolute atomic E-state index is 4.86. The van der Waals surface area contributed by atoms with Crippen LogP contribution < -0.4 is 0 Å². The van der Waals surface area contributed by atoms with E-state index in [1.807, 2.05) is 6.92 Å². The molecular weight excluding hydrogens is 127 g/mol. The van der Waals surface area contributed by atoms with Crippen LogP contribution in [0.3, 0.4) is 0 Å². The molecule has 0 heterocycles. The number of hydrogen-bond acceptors (Lipinski definition) is 1. The molecule has 0 saturated carbocycles. The van der Waals surface area contributed by atoms with Crippen LogP contribution in [0.5, 0.6) is 0 Å². The fourth-order valence-corrected chi connectivity index (χ4v) is 0.612. The summed E-state index contributed by atoms with van der Waals surface area (Å²) < 4.78 is 4.86. The molecule has 0 aliphatic carbocycles. The summed E-state index contributed by atoms with van der Waals surface area (Å²) in [6, 6.07) is 0. The molecule has 0 aromatic heterocycles. The third kappa shape index (κ3) is 4.52. The zero-order chi connectivity index (χ0) is 4.12. The molecule has 5 heavy (non-hydrogen) atoms. The van der Waals surface area contributed by atoms with Crippen LogP contribution >= 0.6 is 0 Å². The van der Waals surface area contributed by atoms with Crippen molar-refractivity contribution in [3.63, 3.8) is 0 Å². The van der Waals surface area contributed by atoms with Gasteiger partial charge in [0.2, 0.25) is 0 Å². The second-order valence-electron chi connectivity index (χ2n) is 0.659. The van der Waals surface area contributed by atoms with Crippen LogP contribution in [0.2, 0.25) is 0 Å². The van der Waals surface area contributed by atoms with Crippen molar-refractivity contribution in [3.8, 4) is 0 Å². The van der Waals surface area contributed by atoms with Gasteiger partial charge in [0, 0.05) is 0 Å². The molecule has 2 heteroatoms. The molecule has 0 saturated heterocycles. The summed E-state index contributed by atoms with van der Waals surface area (Å²) in [5.41, 5.74) is 0. The van der Waals surface area contributed by atoms with E-state index in [1.54, 1.807) is 16.9 Å². The van der Waals surface area contributed by atoms with Gasteiger partial charge in [-0.05, 0) is 0 Å². The van der Waals surface area contributed by atoms with Gasteiger partial charge in [-0.2, -0.15) is 0 Å². The summed E-state index contributed by atoms with van der Waals surface area (Å²) in [6.07, 6.45) is 0. The Kier molecular flexibility index (Phi) is 4.99. The van der Waals surface area contributed by atoms with Gasteiger partial charge in [0.05, 0.1) is 0 Å². The van der Waals surface area contributed by atoms with Gasteiger partial charge in [-0.3, -0.25) is 0 Å². The Hall–Kier alpha value is 0.518. The Morgan fingerprint density at radius 2 is 2.40 bits per heavy atom. The molecule has 0 bridgehead atoms. The summed E-state index contributed by atoms with van der Waals surface area (Å²) in [4.78, 5) is 0. The molecule has 1 atom stereocenters. The second kappa shape index (κ2) is 4.52. The number of ether oxygens (including phenoxy) is 1. The Balaban J connectivity index is 2.19. The van der Waals surface area contributed by atoms with Gasteiger partial charge in [0.15, 0.2) is 0 Å². The summed E-state index contributed by atoms with van der Waals surface area (Å²) in [5, 5.41) is 0.906. The molecule has 0 fully saturated rings. The first-order valence-electron chi connectivity index (χ1n) is 1.69. The fraction of sp³-hybridized carbons (Fsp3) is 1.00. The van der Waals surface area contributed by atoms with Crippen molar-refractivity contribution in [2.45, 2.75) is 6.92 Å². The summed E-state index contributed by atoms with van der Waals surface area (Å²) in [5.74, 6) is 0. The van der Waals surface area contributed by atoms with Crippen molar-refractivity contribution in [1.82, 2.24) is 0 Å². The molecule has 0 aliphatic heterocycles. The van der Waals surface area contributed by atoms with Gasteiger partial charge in [-0.1, -0.05) is 0 Å². The van der Waals surface area contributed by atoms with Gasteiger partial charge in [-0.25, -0.2) is 0 Å². The van der Waals surface area contributed by atoms with Gasteiger partial charge < -0.3 is 0 Å². The molecular formula is C3H9AsO. The summed E-state index contributed by atoms with van der Waals surface area (Å²) in [6.45, 7) is 2.86. The SMILES string of the molecule is CCOC[AsH2]. The standard InChI is InChI=1S/C3H9AsO/c1-2-5-3-4/h2-4H2,1H3. The average molecular weight is 136 g/mol. The molecule has 0 N–H and O–H groups in total. The van der Waals surface area contributed by atoms with E-state index in [4.69, 9.17) is 4.74 Å². The van der Waals surface area contributed by atoms with Gasteiger partial charge >= 0.3 is 40.5 Å². The molecule has 0 aromatic carbocycles. The van der Waals surface area contributed by atoms with Crippen molar-refractivity contribution in [1.29, 1.82) is 0 Å². The topological polar surface area (TPSA) is 9.23 Å². The van der Waals surface area contributed by atoms with E-state index in [2.05, 4.69) is 0 Å². The zero-order valence-electron chi connectivity index (χ0n) is 3.40. The van der Waals surface area contributed by atoms with E-state index < -0.39 is 0 Å². The van der Waals surface area contributed by atoms with E-state index in [0.717, 1.165) is 12.0 Å². The first-order chi connectivity index (χ1) is 2.41. The molecule has 1 nitrogen and oxygen atoms in total. The van der Waals surface area contributed by atoms with E-state index in [1.165, 1.54) is 0 Å². The molecule has 0 rings (SSSR count). The summed E-state index contributed by atoms with van der Waals surface area (Å²) >= 11 is 1.62. The van der Waals surface area contributed by atoms with E-state index in [-0.39, 0.29) is 0 Å². The Bertz CT molecular complexity index is 14.4. The van der Waals surface area contributed by atoms with Gasteiger partial charge in [0.1, 0.15) is 0 Å². The first-order valence-corrected chi connectivity index (χ1v) is 3.41. The van der Waals surface area contributed by atoms with E-state index >= 15 is 0 Å². The van der Waals surface area contributed by atoms with Crippen LogP contribution in [0.4, 0.5) is 0 Å². The van der Waals surface area contributed by atoms with Crippen LogP contribution in [-0.4, -0.2) is 28.9 Å². The number of rotatable bonds is 2. The average Bonchev–Trinajstić information content (AvgIpc) is 1.41. The van der Waals surface area contributed by atoms with Crippen molar-refractivity contribution < 1.29 is 4.74 Å². The van der Waals surface area contributed by atoms with Crippen molar-refractivity contribution in [2.24, 2.45) is 0 Å². The number of hydrogen-bond donors (Lipinski definition) is 0. The van der Waals surface area contributed by atoms with Crippen molar-refractivity contribution in [2.75, 3.05) is 12.0 Å². The van der Waals surface area contributed by atoms with Crippen LogP contribution in [0.1, 0.15) is 6.92 Å². The molecule has 1 unspecified atom stereocenters. The van der Waals surface area contributed by atoms with Gasteiger partial charge in [-0.15, -0.1) is 0 Å². The monoisotopic (exact) mass is 136 g/mol. The minimum absolute atomic E-state index is 0.859. The van der Waals surface area contributed by atoms with Crippen molar-refractivity contribution in [3.05, 3.63) is 0 Å². The van der Waals surface area contributed by atoms with Crippen LogP contribution in [-0.2, 0) is 4.74 Å². The molecule has 0 aliphatic rings. The Morgan fingerprint density at radius 3 is 2.40 bits per heavy atom. The predicted molar refractivity (Wildman–Crippen MR) is 25.0 cm³/mol. The fourth-order valence-electron chi connectivity index (χ4n) is 0.118. The van der Waals surface area contributed by atoms with Crippen LogP contribution in [0.15, 0.2) is 0 Å². The normalized spacial score (nSPS) is 8.40. The second-order valence-corrected chi connectivity index (χ2v) is 1.36. The molecule has 0 spiro atoms. The molecule has 32 valence electrons. The summed E-state index contributed by atoms with van der Waals surface area (Å²) in [7, 11) is 0. The van der Waals surface area contributed by atoms with Gasteiger partial charge in [0.25, 0.3) is 0 Å². The van der Waals surface area contributed by atoms with Crippen LogP contribution in [0.25, 0.3) is 0 Å². The predicted octanol–water partition coefficient (Wildman–Crippen LogP) is -0.386. The Morgan fingerprint density at radius 1 is 1.80 bits per heavy atom. The third-order valence-electron chi connectivity index (χ3n) is 0.322. The molecule has 0 aromatic rings. The van der Waals surface area contributed by atoms with Crippen molar-refractivity contribution >= 4 is 16.9 Å². The quantitative estimate of drug-likeness (QED) is 0.470. The van der Waals surface area contributed by atoms with E-state index in [0.29, 0.717) is 0 Å². The molecule has 0 amide bonds. The molecule has 0 radical (unpaired) electrons. The maximum atomic E-state index is 4.86.